The highest BCUT2D eigenvalue weighted by molar-refractivity contribution is 5.72. The van der Waals surface area contributed by atoms with Gasteiger partial charge in [-0.1, -0.05) is 0 Å². The maximum atomic E-state index is 12.3. The SMILES string of the molecule is CN1CCC(OCCCn2cnc3ncccc3c2=O)CC1. The van der Waals surface area contributed by atoms with Crippen LogP contribution in [0, 0.1) is 0 Å². The van der Waals surface area contributed by atoms with Gasteiger partial charge in [-0.15, -0.1) is 0 Å². The zero-order valence-electron chi connectivity index (χ0n) is 12.9. The van der Waals surface area contributed by atoms with Crippen molar-refractivity contribution in [1.82, 2.24) is 19.4 Å². The zero-order valence-corrected chi connectivity index (χ0v) is 12.9. The zero-order chi connectivity index (χ0) is 15.4. The Bertz CT molecular complexity index is 677. The van der Waals surface area contributed by atoms with Gasteiger partial charge in [0, 0.05) is 32.4 Å². The van der Waals surface area contributed by atoms with Crippen molar-refractivity contribution in [1.29, 1.82) is 0 Å². The van der Waals surface area contributed by atoms with Crippen molar-refractivity contribution in [2.45, 2.75) is 31.9 Å². The monoisotopic (exact) mass is 302 g/mol. The van der Waals surface area contributed by atoms with Crippen LogP contribution in [0.4, 0.5) is 0 Å². The Kier molecular flexibility index (Phi) is 4.80. The molecule has 0 saturated carbocycles. The van der Waals surface area contributed by atoms with Crippen LogP contribution in [0.3, 0.4) is 0 Å². The van der Waals surface area contributed by atoms with Gasteiger partial charge in [-0.2, -0.15) is 0 Å². The Morgan fingerprint density at radius 1 is 1.32 bits per heavy atom. The molecule has 22 heavy (non-hydrogen) atoms. The van der Waals surface area contributed by atoms with Gasteiger partial charge in [-0.3, -0.25) is 9.36 Å². The van der Waals surface area contributed by atoms with Crippen LogP contribution in [0.15, 0.2) is 29.5 Å². The molecule has 2 aromatic heterocycles. The predicted molar refractivity (Wildman–Crippen MR) is 84.9 cm³/mol. The van der Waals surface area contributed by atoms with E-state index >= 15 is 0 Å². The number of hydrogen-bond donors (Lipinski definition) is 0. The molecule has 6 heteroatoms. The molecule has 2 aromatic rings. The molecule has 0 amide bonds. The standard InChI is InChI=1S/C16H22N4O2/c1-19-9-5-13(6-10-19)22-11-3-8-20-12-18-15-14(16(20)21)4-2-7-17-15/h2,4,7,12-13H,3,5-6,8-11H2,1H3. The molecule has 0 aromatic carbocycles. The van der Waals surface area contributed by atoms with Gasteiger partial charge in [0.1, 0.15) is 0 Å². The van der Waals surface area contributed by atoms with Crippen molar-refractivity contribution in [2.75, 3.05) is 26.7 Å². The topological polar surface area (TPSA) is 60.2 Å². The van der Waals surface area contributed by atoms with Crippen LogP contribution in [-0.4, -0.2) is 52.3 Å². The molecule has 0 atom stereocenters. The first-order chi connectivity index (χ1) is 10.7. The van der Waals surface area contributed by atoms with Crippen molar-refractivity contribution in [3.8, 4) is 0 Å². The molecule has 0 N–H and O–H groups in total. The third-order valence-corrected chi connectivity index (χ3v) is 4.16. The first-order valence-corrected chi connectivity index (χ1v) is 7.84. The first kappa shape index (κ1) is 15.1. The molecule has 118 valence electrons. The van der Waals surface area contributed by atoms with Gasteiger partial charge in [-0.05, 0) is 38.4 Å². The average molecular weight is 302 g/mol. The lowest BCUT2D eigenvalue weighted by atomic mass is 10.1. The largest absolute Gasteiger partial charge is 0.378 e. The summed E-state index contributed by atoms with van der Waals surface area (Å²) < 4.78 is 7.55. The minimum absolute atomic E-state index is 0.0302. The minimum atomic E-state index is -0.0302. The van der Waals surface area contributed by atoms with Crippen LogP contribution >= 0.6 is 0 Å². The first-order valence-electron chi connectivity index (χ1n) is 7.84. The molecule has 1 fully saturated rings. The van der Waals surface area contributed by atoms with Gasteiger partial charge in [0.25, 0.3) is 5.56 Å². The molecule has 0 bridgehead atoms. The number of ether oxygens (including phenoxy) is 1. The van der Waals surface area contributed by atoms with Crippen molar-refractivity contribution in [3.63, 3.8) is 0 Å². The second kappa shape index (κ2) is 6.98. The maximum Gasteiger partial charge on any atom is 0.262 e. The summed E-state index contributed by atoms with van der Waals surface area (Å²) in [6, 6.07) is 3.53. The molecule has 3 rings (SSSR count). The second-order valence-electron chi connectivity index (χ2n) is 5.84. The summed E-state index contributed by atoms with van der Waals surface area (Å²) in [5, 5.41) is 0.571. The fraction of sp³-hybridized carbons (Fsp3) is 0.562. The summed E-state index contributed by atoms with van der Waals surface area (Å²) in [6.45, 7) is 3.52. The average Bonchev–Trinajstić information content (AvgIpc) is 2.55. The number of aromatic nitrogens is 3. The van der Waals surface area contributed by atoms with Gasteiger partial charge >= 0.3 is 0 Å². The van der Waals surface area contributed by atoms with E-state index in [4.69, 9.17) is 4.74 Å². The molecule has 0 aliphatic carbocycles. The fourth-order valence-corrected chi connectivity index (χ4v) is 2.79. The van der Waals surface area contributed by atoms with Crippen LogP contribution in [0.5, 0.6) is 0 Å². The third kappa shape index (κ3) is 3.51. The maximum absolute atomic E-state index is 12.3. The number of hydrogen-bond acceptors (Lipinski definition) is 5. The molecule has 0 spiro atoms. The minimum Gasteiger partial charge on any atom is -0.378 e. The fourth-order valence-electron chi connectivity index (χ4n) is 2.79. The number of pyridine rings is 1. The summed E-state index contributed by atoms with van der Waals surface area (Å²) in [7, 11) is 2.14. The third-order valence-electron chi connectivity index (χ3n) is 4.16. The molecule has 6 nitrogen and oxygen atoms in total. The quantitative estimate of drug-likeness (QED) is 0.779. The van der Waals surface area contributed by atoms with Gasteiger partial charge in [0.2, 0.25) is 0 Å². The normalized spacial score (nSPS) is 17.1. The lowest BCUT2D eigenvalue weighted by molar-refractivity contribution is 0.0102. The highest BCUT2D eigenvalue weighted by Crippen LogP contribution is 2.12. The Balaban J connectivity index is 1.52. The van der Waals surface area contributed by atoms with E-state index in [-0.39, 0.29) is 5.56 Å². The highest BCUT2D eigenvalue weighted by atomic mass is 16.5. The van der Waals surface area contributed by atoms with Crippen LogP contribution in [0.25, 0.3) is 11.0 Å². The van der Waals surface area contributed by atoms with Crippen molar-refractivity contribution < 1.29 is 4.74 Å². The smallest absolute Gasteiger partial charge is 0.262 e. The summed E-state index contributed by atoms with van der Waals surface area (Å²) in [5.41, 5.74) is 0.476. The molecular formula is C16H22N4O2. The molecule has 3 heterocycles. The van der Waals surface area contributed by atoms with Crippen LogP contribution in [0.1, 0.15) is 19.3 Å². The predicted octanol–water partition coefficient (Wildman–Crippen LogP) is 1.29. The van der Waals surface area contributed by atoms with Crippen molar-refractivity contribution in [2.24, 2.45) is 0 Å². The molecular weight excluding hydrogens is 280 g/mol. The number of nitrogens with zero attached hydrogens (tertiary/aromatic N) is 4. The molecule has 1 aliphatic heterocycles. The lowest BCUT2D eigenvalue weighted by Crippen LogP contribution is -2.34. The van der Waals surface area contributed by atoms with Crippen LogP contribution in [-0.2, 0) is 11.3 Å². The van der Waals surface area contributed by atoms with Gasteiger partial charge in [0.05, 0.1) is 17.8 Å². The van der Waals surface area contributed by atoms with E-state index in [1.807, 2.05) is 0 Å². The number of rotatable bonds is 5. The number of piperidine rings is 1. The Morgan fingerprint density at radius 3 is 2.95 bits per heavy atom. The summed E-state index contributed by atoms with van der Waals surface area (Å²) in [5.74, 6) is 0. The Morgan fingerprint density at radius 2 is 2.14 bits per heavy atom. The van der Waals surface area contributed by atoms with E-state index in [2.05, 4.69) is 21.9 Å². The molecule has 0 radical (unpaired) electrons. The Hall–Kier alpha value is -1.79. The van der Waals surface area contributed by atoms with Crippen LogP contribution < -0.4 is 5.56 Å². The molecule has 1 aliphatic rings. The van der Waals surface area contributed by atoms with Gasteiger partial charge in [-0.25, -0.2) is 9.97 Å². The summed E-state index contributed by atoms with van der Waals surface area (Å²) in [6.07, 6.45) is 6.60. The van der Waals surface area contributed by atoms with Gasteiger partial charge < -0.3 is 9.64 Å². The summed E-state index contributed by atoms with van der Waals surface area (Å²) >= 11 is 0. The van der Waals surface area contributed by atoms with E-state index < -0.39 is 0 Å². The van der Waals surface area contributed by atoms with Crippen molar-refractivity contribution in [3.05, 3.63) is 35.0 Å². The molecule has 1 saturated heterocycles. The van der Waals surface area contributed by atoms with E-state index in [1.165, 1.54) is 0 Å². The van der Waals surface area contributed by atoms with Gasteiger partial charge in [0.15, 0.2) is 5.65 Å². The van der Waals surface area contributed by atoms with E-state index in [0.29, 0.717) is 30.3 Å². The number of fused-ring (bicyclic) bond motifs is 1. The van der Waals surface area contributed by atoms with Crippen molar-refractivity contribution >= 4 is 11.0 Å². The summed E-state index contributed by atoms with van der Waals surface area (Å²) in [4.78, 5) is 22.9. The highest BCUT2D eigenvalue weighted by Gasteiger charge is 2.16. The number of likely N-dealkylation sites (tertiary alicyclic amines) is 1. The second-order valence-corrected chi connectivity index (χ2v) is 5.84. The van der Waals surface area contributed by atoms with E-state index in [1.54, 1.807) is 29.2 Å². The Labute approximate surface area is 129 Å². The van der Waals surface area contributed by atoms with Crippen LogP contribution in [0.2, 0.25) is 0 Å². The van der Waals surface area contributed by atoms with E-state index in [0.717, 1.165) is 32.4 Å². The lowest BCUT2D eigenvalue weighted by Gasteiger charge is -2.28. The van der Waals surface area contributed by atoms with E-state index in [9.17, 15) is 4.79 Å². The molecule has 0 unspecified atom stereocenters. The number of aryl methyl sites for hydroxylation is 1.